The minimum atomic E-state index is -4.65. The minimum Gasteiger partial charge on any atom is -0.497 e. The Morgan fingerprint density at radius 2 is 1.78 bits per heavy atom. The number of sulfonamides is 1. The van der Waals surface area contributed by atoms with Crippen molar-refractivity contribution in [2.24, 2.45) is 0 Å². The number of carbonyl (C=O) groups is 1. The molecule has 0 saturated heterocycles. The number of anilines is 1. The molecule has 0 fully saturated rings. The van der Waals surface area contributed by atoms with Crippen molar-refractivity contribution in [1.82, 2.24) is 10.3 Å². The molecule has 1 aromatic heterocycles. The molecule has 12 heteroatoms. The number of methoxy groups -OCH3 is 1. The van der Waals surface area contributed by atoms with Gasteiger partial charge in [0.1, 0.15) is 11.3 Å². The van der Waals surface area contributed by atoms with E-state index in [0.29, 0.717) is 11.8 Å². The number of aromatic amines is 1. The number of pyridine rings is 1. The van der Waals surface area contributed by atoms with Gasteiger partial charge in [-0.15, -0.1) is 0 Å². The van der Waals surface area contributed by atoms with Gasteiger partial charge in [0.2, 0.25) is 5.43 Å². The minimum absolute atomic E-state index is 0.0825. The molecule has 0 bridgehead atoms. The number of ether oxygens (including phenoxy) is 1. The Labute approximate surface area is 209 Å². The first kappa shape index (κ1) is 25.8. The predicted octanol–water partition coefficient (Wildman–Crippen LogP) is 4.29. The van der Waals surface area contributed by atoms with Crippen molar-refractivity contribution in [2.75, 3.05) is 11.8 Å². The standard InChI is InChI=1S/C25H20F3N3O5S/c1-36-18-7-2-4-15(10-18)13-30-24(33)21-14-29-22-9-8-19(12-20(22)23(21)32)37(34,35)31-17-6-3-5-16(11-17)25(26,27)28/h2-12,14,31H,13H2,1H3,(H,29,32)(H,30,33). The Morgan fingerprint density at radius 3 is 2.51 bits per heavy atom. The zero-order valence-electron chi connectivity index (χ0n) is 19.2. The summed E-state index contributed by atoms with van der Waals surface area (Å²) in [5.74, 6) is -0.0795. The van der Waals surface area contributed by atoms with E-state index in [-0.39, 0.29) is 33.6 Å². The molecule has 0 aliphatic carbocycles. The highest BCUT2D eigenvalue weighted by atomic mass is 32.2. The smallest absolute Gasteiger partial charge is 0.416 e. The molecule has 0 atom stereocenters. The topological polar surface area (TPSA) is 117 Å². The molecule has 1 amide bonds. The van der Waals surface area contributed by atoms with Gasteiger partial charge in [0.05, 0.1) is 17.6 Å². The number of H-pyrrole nitrogens is 1. The van der Waals surface area contributed by atoms with E-state index in [1.54, 1.807) is 24.3 Å². The van der Waals surface area contributed by atoms with Gasteiger partial charge in [0.15, 0.2) is 0 Å². The van der Waals surface area contributed by atoms with Gasteiger partial charge in [-0.1, -0.05) is 18.2 Å². The highest BCUT2D eigenvalue weighted by Crippen LogP contribution is 2.31. The highest BCUT2D eigenvalue weighted by Gasteiger charge is 2.30. The zero-order valence-corrected chi connectivity index (χ0v) is 20.0. The summed E-state index contributed by atoms with van der Waals surface area (Å²) >= 11 is 0. The zero-order chi connectivity index (χ0) is 26.8. The van der Waals surface area contributed by atoms with Crippen molar-refractivity contribution < 1.29 is 31.1 Å². The number of nitrogens with one attached hydrogen (secondary N) is 3. The number of halogens is 3. The Bertz CT molecular complexity index is 1650. The van der Waals surface area contributed by atoms with Crippen molar-refractivity contribution in [3.05, 3.63) is 99.8 Å². The number of carbonyl (C=O) groups excluding carboxylic acids is 1. The second-order valence-corrected chi connectivity index (χ2v) is 9.64. The van der Waals surface area contributed by atoms with Crippen LogP contribution in [0.2, 0.25) is 0 Å². The van der Waals surface area contributed by atoms with Crippen LogP contribution < -0.4 is 20.2 Å². The summed E-state index contributed by atoms with van der Waals surface area (Å²) in [6.07, 6.45) is -3.43. The first-order valence-corrected chi connectivity index (χ1v) is 12.2. The summed E-state index contributed by atoms with van der Waals surface area (Å²) < 4.78 is 71.9. The number of hydrogen-bond donors (Lipinski definition) is 3. The molecule has 8 nitrogen and oxygen atoms in total. The second kappa shape index (κ2) is 9.97. The SMILES string of the molecule is COc1cccc(CNC(=O)c2c[nH]c3ccc(S(=O)(=O)Nc4cccc(C(F)(F)F)c4)cc3c2=O)c1. The van der Waals surface area contributed by atoms with Gasteiger partial charge in [-0.25, -0.2) is 8.42 Å². The van der Waals surface area contributed by atoms with E-state index in [4.69, 9.17) is 4.74 Å². The number of alkyl halides is 3. The number of fused-ring (bicyclic) bond motifs is 1. The lowest BCUT2D eigenvalue weighted by Crippen LogP contribution is -2.28. The van der Waals surface area contributed by atoms with Gasteiger partial charge in [-0.2, -0.15) is 13.2 Å². The Balaban J connectivity index is 1.60. The van der Waals surface area contributed by atoms with E-state index < -0.39 is 33.1 Å². The van der Waals surface area contributed by atoms with Gasteiger partial charge in [0.25, 0.3) is 15.9 Å². The third-order valence-corrected chi connectivity index (χ3v) is 6.82. The van der Waals surface area contributed by atoms with E-state index in [2.05, 4.69) is 15.0 Å². The molecule has 0 saturated carbocycles. The lowest BCUT2D eigenvalue weighted by Gasteiger charge is -2.12. The summed E-state index contributed by atoms with van der Waals surface area (Å²) in [5.41, 5.74) is -1.27. The van der Waals surface area contributed by atoms with Crippen LogP contribution in [0.15, 0.2) is 82.6 Å². The van der Waals surface area contributed by atoms with Gasteiger partial charge < -0.3 is 15.0 Å². The molecule has 0 aliphatic rings. The van der Waals surface area contributed by atoms with Crippen LogP contribution >= 0.6 is 0 Å². The van der Waals surface area contributed by atoms with Crippen LogP contribution in [0.1, 0.15) is 21.5 Å². The van der Waals surface area contributed by atoms with Crippen LogP contribution in [-0.2, 0) is 22.7 Å². The van der Waals surface area contributed by atoms with Gasteiger partial charge in [0, 0.05) is 29.3 Å². The van der Waals surface area contributed by atoms with E-state index in [9.17, 15) is 31.2 Å². The highest BCUT2D eigenvalue weighted by molar-refractivity contribution is 7.92. The van der Waals surface area contributed by atoms with Crippen LogP contribution in [0.25, 0.3) is 10.9 Å². The monoisotopic (exact) mass is 531 g/mol. The van der Waals surface area contributed by atoms with Crippen molar-refractivity contribution in [1.29, 1.82) is 0 Å². The van der Waals surface area contributed by atoms with Crippen molar-refractivity contribution >= 4 is 32.5 Å². The van der Waals surface area contributed by atoms with Crippen LogP contribution in [0.4, 0.5) is 18.9 Å². The number of hydrogen-bond acceptors (Lipinski definition) is 5. The van der Waals surface area contributed by atoms with Crippen LogP contribution in [-0.4, -0.2) is 26.4 Å². The number of amides is 1. The third-order valence-electron chi connectivity index (χ3n) is 5.44. The Morgan fingerprint density at radius 1 is 1.03 bits per heavy atom. The van der Waals surface area contributed by atoms with E-state index in [0.717, 1.165) is 23.8 Å². The fraction of sp³-hybridized carbons (Fsp3) is 0.120. The van der Waals surface area contributed by atoms with E-state index in [1.807, 2.05) is 0 Å². The van der Waals surface area contributed by atoms with Crippen molar-refractivity contribution in [3.8, 4) is 5.75 Å². The molecule has 4 rings (SSSR count). The predicted molar refractivity (Wildman–Crippen MR) is 131 cm³/mol. The summed E-state index contributed by atoms with van der Waals surface area (Å²) in [4.78, 5) is 28.1. The summed E-state index contributed by atoms with van der Waals surface area (Å²) in [7, 11) is -2.84. The molecular weight excluding hydrogens is 511 g/mol. The van der Waals surface area contributed by atoms with Crippen molar-refractivity contribution in [3.63, 3.8) is 0 Å². The Hall–Kier alpha value is -4.32. The largest absolute Gasteiger partial charge is 0.497 e. The lowest BCUT2D eigenvalue weighted by molar-refractivity contribution is -0.137. The first-order chi connectivity index (χ1) is 17.5. The molecule has 0 unspecified atom stereocenters. The maximum atomic E-state index is 13.0. The first-order valence-electron chi connectivity index (χ1n) is 10.7. The molecule has 1 heterocycles. The quantitative estimate of drug-likeness (QED) is 0.329. The molecule has 3 aromatic carbocycles. The van der Waals surface area contributed by atoms with Crippen LogP contribution in [0, 0.1) is 0 Å². The van der Waals surface area contributed by atoms with E-state index >= 15 is 0 Å². The van der Waals surface area contributed by atoms with Gasteiger partial charge in [-0.05, 0) is 54.1 Å². The Kier molecular flexibility index (Phi) is 6.94. The van der Waals surface area contributed by atoms with E-state index in [1.165, 1.54) is 31.5 Å². The average molecular weight is 532 g/mol. The molecule has 3 N–H and O–H groups in total. The fourth-order valence-corrected chi connectivity index (χ4v) is 4.64. The molecular formula is C25H20F3N3O5S. The second-order valence-electron chi connectivity index (χ2n) is 7.96. The molecule has 192 valence electrons. The summed E-state index contributed by atoms with van der Waals surface area (Å²) in [5, 5.41) is 2.55. The maximum absolute atomic E-state index is 13.0. The molecule has 4 aromatic rings. The molecule has 0 spiro atoms. The normalized spacial score (nSPS) is 11.8. The number of aromatic nitrogens is 1. The molecule has 0 aliphatic heterocycles. The maximum Gasteiger partial charge on any atom is 0.416 e. The lowest BCUT2D eigenvalue weighted by atomic mass is 10.1. The van der Waals surface area contributed by atoms with Crippen LogP contribution in [0.3, 0.4) is 0 Å². The summed E-state index contributed by atoms with van der Waals surface area (Å²) in [6.45, 7) is 0.114. The van der Waals surface area contributed by atoms with Gasteiger partial charge >= 0.3 is 6.18 Å². The average Bonchev–Trinajstić information content (AvgIpc) is 2.87. The fourth-order valence-electron chi connectivity index (χ4n) is 3.57. The summed E-state index contributed by atoms with van der Waals surface area (Å²) in [6, 6.07) is 14.3. The van der Waals surface area contributed by atoms with Crippen molar-refractivity contribution in [2.45, 2.75) is 17.6 Å². The number of benzene rings is 3. The molecule has 37 heavy (non-hydrogen) atoms. The third kappa shape index (κ3) is 5.75. The molecule has 0 radical (unpaired) electrons. The van der Waals surface area contributed by atoms with Gasteiger partial charge in [-0.3, -0.25) is 14.3 Å². The number of rotatable bonds is 7. The van der Waals surface area contributed by atoms with Crippen LogP contribution in [0.5, 0.6) is 5.75 Å².